The van der Waals surface area contributed by atoms with Crippen molar-refractivity contribution in [2.75, 3.05) is 0 Å². The summed E-state index contributed by atoms with van der Waals surface area (Å²) in [5.74, 6) is 2.42. The number of aromatic nitrogens is 7. The monoisotopic (exact) mass is 399 g/mol. The van der Waals surface area contributed by atoms with Crippen LogP contribution >= 0.6 is 0 Å². The first-order chi connectivity index (χ1) is 15.4. The second kappa shape index (κ2) is 5.14. The summed E-state index contributed by atoms with van der Waals surface area (Å²) < 4.78 is 6.59. The number of hydrogen-bond donors (Lipinski definition) is 0. The van der Waals surface area contributed by atoms with E-state index in [1.165, 1.54) is 0 Å². The Hall–Kier alpha value is -4.52. The first-order valence-electron chi connectivity index (χ1n) is 10.1. The van der Waals surface area contributed by atoms with Crippen molar-refractivity contribution in [3.05, 3.63) is 79.1 Å². The molecule has 0 aliphatic heterocycles. The van der Waals surface area contributed by atoms with Crippen LogP contribution in [0.3, 0.4) is 0 Å². The van der Waals surface area contributed by atoms with Gasteiger partial charge in [0.2, 0.25) is 11.6 Å². The topological polar surface area (TPSA) is 64.8 Å². The quantitative estimate of drug-likeness (QED) is 0.405. The molecule has 5 heterocycles. The predicted molar refractivity (Wildman–Crippen MR) is 120 cm³/mol. The van der Waals surface area contributed by atoms with Crippen molar-refractivity contribution >= 4 is 50.2 Å². The van der Waals surface area contributed by atoms with Gasteiger partial charge in [0, 0.05) is 18.0 Å². The molecule has 0 amide bonds. The third-order valence-electron chi connectivity index (χ3n) is 6.09. The maximum absolute atomic E-state index is 4.97. The van der Waals surface area contributed by atoms with Crippen LogP contribution in [0.25, 0.3) is 61.6 Å². The highest BCUT2D eigenvalue weighted by atomic mass is 15.3. The van der Waals surface area contributed by atoms with Crippen molar-refractivity contribution in [2.24, 2.45) is 0 Å². The van der Waals surface area contributed by atoms with Crippen LogP contribution in [-0.4, -0.2) is 33.1 Å². The molecule has 7 nitrogen and oxygen atoms in total. The van der Waals surface area contributed by atoms with Gasteiger partial charge in [-0.2, -0.15) is 0 Å². The van der Waals surface area contributed by atoms with Gasteiger partial charge in [-0.05, 0) is 42.5 Å². The van der Waals surface area contributed by atoms with Gasteiger partial charge in [-0.25, -0.2) is 24.3 Å². The highest BCUT2D eigenvalue weighted by Crippen LogP contribution is 2.36. The molecule has 0 spiro atoms. The molecule has 0 fully saturated rings. The zero-order chi connectivity index (χ0) is 20.1. The molecular formula is C24H13N7. The summed E-state index contributed by atoms with van der Waals surface area (Å²) in [5.41, 5.74) is 8.26. The zero-order valence-electron chi connectivity index (χ0n) is 16.1. The second-order valence-corrected chi connectivity index (χ2v) is 7.74. The number of rotatable bonds is 1. The molecule has 0 N–H and O–H groups in total. The van der Waals surface area contributed by atoms with Crippen LogP contribution in [0.2, 0.25) is 0 Å². The summed E-state index contributed by atoms with van der Waals surface area (Å²) in [7, 11) is 0. The molecule has 0 atom stereocenters. The van der Waals surface area contributed by atoms with Crippen LogP contribution in [0.1, 0.15) is 0 Å². The predicted octanol–water partition coefficient (Wildman–Crippen LogP) is 4.59. The molecule has 0 aliphatic rings. The van der Waals surface area contributed by atoms with Gasteiger partial charge >= 0.3 is 0 Å². The van der Waals surface area contributed by atoms with Gasteiger partial charge in [0.15, 0.2) is 5.82 Å². The third-order valence-corrected chi connectivity index (χ3v) is 6.09. The maximum atomic E-state index is 4.97. The van der Waals surface area contributed by atoms with E-state index in [2.05, 4.69) is 47.4 Å². The molecule has 3 aromatic carbocycles. The smallest absolute Gasteiger partial charge is 0.223 e. The van der Waals surface area contributed by atoms with E-state index in [1.807, 2.05) is 42.5 Å². The molecule has 8 aromatic rings. The maximum Gasteiger partial charge on any atom is 0.223 e. The number of benzene rings is 3. The molecule has 31 heavy (non-hydrogen) atoms. The van der Waals surface area contributed by atoms with Crippen LogP contribution in [0.4, 0.5) is 0 Å². The Labute approximate surface area is 174 Å². The summed E-state index contributed by atoms with van der Waals surface area (Å²) in [5, 5.41) is 0. The number of hydrogen-bond acceptors (Lipinski definition) is 4. The fraction of sp³-hybridized carbons (Fsp3) is 0. The minimum Gasteiger partial charge on any atom is -0.276 e. The van der Waals surface area contributed by atoms with Gasteiger partial charge < -0.3 is 0 Å². The molecular weight excluding hydrogens is 386 g/mol. The van der Waals surface area contributed by atoms with E-state index in [9.17, 15) is 0 Å². The highest BCUT2D eigenvalue weighted by Gasteiger charge is 2.24. The fourth-order valence-corrected chi connectivity index (χ4v) is 4.84. The van der Waals surface area contributed by atoms with Crippen molar-refractivity contribution in [2.45, 2.75) is 0 Å². The Balaban J connectivity index is 1.71. The largest absolute Gasteiger partial charge is 0.276 e. The Bertz CT molecular complexity index is 1820. The van der Waals surface area contributed by atoms with Crippen molar-refractivity contribution in [3.8, 4) is 11.4 Å². The van der Waals surface area contributed by atoms with E-state index in [4.69, 9.17) is 9.97 Å². The van der Waals surface area contributed by atoms with E-state index in [1.54, 1.807) is 12.4 Å². The van der Waals surface area contributed by atoms with Crippen molar-refractivity contribution in [1.29, 1.82) is 0 Å². The summed E-state index contributed by atoms with van der Waals surface area (Å²) in [6.45, 7) is 0. The standard InChI is InChI=1S/C24H13N7/c1-3-8-17-15(6-1)27-23-29(17)19-12-14(22-25-10-5-11-26-22)13-20-21(19)31(23)24-28-16-7-2-4-9-18(16)30(20)24/h1-13H. The molecule has 8 rings (SSSR count). The van der Waals surface area contributed by atoms with E-state index < -0.39 is 0 Å². The highest BCUT2D eigenvalue weighted by molar-refractivity contribution is 6.05. The summed E-state index contributed by atoms with van der Waals surface area (Å²) in [6, 6.07) is 22.6. The van der Waals surface area contributed by atoms with Crippen molar-refractivity contribution in [1.82, 2.24) is 33.1 Å². The minimum atomic E-state index is 0.698. The van der Waals surface area contributed by atoms with Gasteiger partial charge in [0.05, 0.1) is 33.1 Å². The molecule has 0 bridgehead atoms. The van der Waals surface area contributed by atoms with E-state index in [0.29, 0.717) is 5.82 Å². The van der Waals surface area contributed by atoms with E-state index in [-0.39, 0.29) is 0 Å². The van der Waals surface area contributed by atoms with Gasteiger partial charge in [0.1, 0.15) is 5.52 Å². The summed E-state index contributed by atoms with van der Waals surface area (Å²) in [6.07, 6.45) is 3.55. The van der Waals surface area contributed by atoms with Crippen LogP contribution in [-0.2, 0) is 0 Å². The number of para-hydroxylation sites is 4. The first kappa shape index (κ1) is 15.3. The lowest BCUT2D eigenvalue weighted by atomic mass is 10.1. The van der Waals surface area contributed by atoms with Crippen LogP contribution in [0.5, 0.6) is 0 Å². The van der Waals surface area contributed by atoms with Crippen LogP contribution in [0.15, 0.2) is 79.1 Å². The molecule has 7 heteroatoms. The molecule has 144 valence electrons. The Kier molecular flexibility index (Phi) is 2.55. The van der Waals surface area contributed by atoms with Crippen molar-refractivity contribution < 1.29 is 0 Å². The van der Waals surface area contributed by atoms with Gasteiger partial charge in [-0.1, -0.05) is 24.3 Å². The zero-order valence-corrected chi connectivity index (χ0v) is 16.1. The first-order valence-corrected chi connectivity index (χ1v) is 10.1. The fourth-order valence-electron chi connectivity index (χ4n) is 4.84. The summed E-state index contributed by atoms with van der Waals surface area (Å²) in [4.78, 5) is 18.9. The molecule has 0 saturated carbocycles. The molecule has 0 unspecified atom stereocenters. The average Bonchev–Trinajstić information content (AvgIpc) is 3.53. The SMILES string of the molecule is c1cnc(-c2cc3c4c(c2)n2c5ccccc5nc2n4c2nc4ccccc4n32)nc1. The van der Waals surface area contributed by atoms with Crippen molar-refractivity contribution in [3.63, 3.8) is 0 Å². The Morgan fingerprint density at radius 3 is 1.68 bits per heavy atom. The summed E-state index contributed by atoms with van der Waals surface area (Å²) >= 11 is 0. The lowest BCUT2D eigenvalue weighted by Gasteiger charge is -2.03. The third kappa shape index (κ3) is 1.75. The van der Waals surface area contributed by atoms with Gasteiger partial charge in [-0.15, -0.1) is 0 Å². The molecule has 0 aliphatic carbocycles. The van der Waals surface area contributed by atoms with E-state index in [0.717, 1.165) is 55.7 Å². The Morgan fingerprint density at radius 1 is 0.548 bits per heavy atom. The van der Waals surface area contributed by atoms with Crippen LogP contribution < -0.4 is 0 Å². The normalized spacial score (nSPS) is 12.5. The minimum absolute atomic E-state index is 0.698. The van der Waals surface area contributed by atoms with Gasteiger partial charge in [-0.3, -0.25) is 8.80 Å². The number of nitrogens with zero attached hydrogens (tertiary/aromatic N) is 7. The average molecular weight is 399 g/mol. The van der Waals surface area contributed by atoms with Crippen LogP contribution in [0, 0.1) is 0 Å². The second-order valence-electron chi connectivity index (χ2n) is 7.74. The molecule has 5 aromatic heterocycles. The number of fused-ring (bicyclic) bond motifs is 10. The number of imidazole rings is 4. The molecule has 0 saturated heterocycles. The van der Waals surface area contributed by atoms with Gasteiger partial charge in [0.25, 0.3) is 0 Å². The van der Waals surface area contributed by atoms with E-state index >= 15 is 0 Å². The Morgan fingerprint density at radius 2 is 1.10 bits per heavy atom. The molecule has 0 radical (unpaired) electrons. The lowest BCUT2D eigenvalue weighted by Crippen LogP contribution is -1.90. The lowest BCUT2D eigenvalue weighted by molar-refractivity contribution is 1.15.